The Balaban J connectivity index is 4.27. The lowest BCUT2D eigenvalue weighted by Gasteiger charge is -2.43. The molecule has 0 spiro atoms. The van der Waals surface area contributed by atoms with Crippen LogP contribution in [0.15, 0.2) is 0 Å². The molecule has 0 saturated carbocycles. The van der Waals surface area contributed by atoms with Crippen LogP contribution >= 0.6 is 0 Å². The van der Waals surface area contributed by atoms with E-state index in [1.54, 1.807) is 0 Å². The Morgan fingerprint density at radius 2 is 1.03 bits per heavy atom. The molecule has 0 atom stereocenters. The van der Waals surface area contributed by atoms with Gasteiger partial charge in [-0.25, -0.2) is 0 Å². The zero-order valence-corrected chi connectivity index (χ0v) is 27.4. The summed E-state index contributed by atoms with van der Waals surface area (Å²) in [5.74, 6) is 0. The first-order valence-electron chi connectivity index (χ1n) is 12.1. The fraction of sp³-hybridized carbons (Fsp3) is 1.00. The van der Waals surface area contributed by atoms with Gasteiger partial charge in [0.1, 0.15) is 35.2 Å². The van der Waals surface area contributed by atoms with Crippen molar-refractivity contribution in [2.75, 3.05) is 19.6 Å². The van der Waals surface area contributed by atoms with Gasteiger partial charge in [-0.3, -0.25) is 0 Å². The van der Waals surface area contributed by atoms with Crippen molar-refractivity contribution in [3.05, 3.63) is 0 Å². The predicted octanol–water partition coefficient (Wildman–Crippen LogP) is 5.90. The summed E-state index contributed by atoms with van der Waals surface area (Å²) in [6.07, 6.45) is 9.36. The summed E-state index contributed by atoms with van der Waals surface area (Å²) in [4.78, 5) is 0. The maximum absolute atomic E-state index is 5.71. The third-order valence-electron chi connectivity index (χ3n) is 6.14. The zero-order valence-electron chi connectivity index (χ0n) is 22.4. The summed E-state index contributed by atoms with van der Waals surface area (Å²) in [5.41, 5.74) is 0.0932. The molecule has 0 amide bonds. The second kappa shape index (κ2) is 12.7. The molecule has 0 unspecified atom stereocenters. The average molecular weight is 477 g/mol. The van der Waals surface area contributed by atoms with Gasteiger partial charge in [0.15, 0.2) is 0 Å². The number of nitrogens with zero attached hydrogens (tertiary/aromatic N) is 2. The SMILES string of the molecule is CC(C)(CCCCN(CCCCCCN([Si](C)(C)C)[Si](C)(C)C)[Si](C)(C)C)O[SiH3]. The van der Waals surface area contributed by atoms with Crippen molar-refractivity contribution in [1.82, 2.24) is 8.80 Å². The first-order chi connectivity index (χ1) is 13.0. The molecule has 0 radical (unpaired) electrons. The van der Waals surface area contributed by atoms with Crippen molar-refractivity contribution in [3.8, 4) is 0 Å². The Bertz CT molecular complexity index is 426. The summed E-state index contributed by atoms with van der Waals surface area (Å²) < 4.78 is 11.5. The van der Waals surface area contributed by atoms with Gasteiger partial charge in [-0.15, -0.1) is 0 Å². The van der Waals surface area contributed by atoms with Crippen LogP contribution in [0.25, 0.3) is 0 Å². The highest BCUT2D eigenvalue weighted by atomic mass is 28.4. The Morgan fingerprint density at radius 3 is 1.41 bits per heavy atom. The fourth-order valence-corrected chi connectivity index (χ4v) is 15.9. The highest BCUT2D eigenvalue weighted by Crippen LogP contribution is 2.21. The summed E-state index contributed by atoms with van der Waals surface area (Å²) >= 11 is 0. The van der Waals surface area contributed by atoms with Crippen molar-refractivity contribution < 1.29 is 4.43 Å². The minimum Gasteiger partial charge on any atom is -0.423 e. The second-order valence-electron chi connectivity index (χ2n) is 12.5. The molecule has 0 saturated heterocycles. The Morgan fingerprint density at radius 1 is 0.621 bits per heavy atom. The van der Waals surface area contributed by atoms with E-state index in [0.717, 1.165) is 10.5 Å². The molecule has 7 heteroatoms. The lowest BCUT2D eigenvalue weighted by Crippen LogP contribution is -2.59. The van der Waals surface area contributed by atoms with E-state index in [9.17, 15) is 0 Å². The van der Waals surface area contributed by atoms with E-state index in [0.29, 0.717) is 0 Å². The van der Waals surface area contributed by atoms with Crippen LogP contribution in [0.1, 0.15) is 58.8 Å². The van der Waals surface area contributed by atoms with E-state index in [1.807, 2.05) is 0 Å². The molecule has 0 bridgehead atoms. The van der Waals surface area contributed by atoms with Crippen LogP contribution in [0.5, 0.6) is 0 Å². The topological polar surface area (TPSA) is 15.7 Å². The van der Waals surface area contributed by atoms with Crippen molar-refractivity contribution in [2.24, 2.45) is 0 Å². The van der Waals surface area contributed by atoms with E-state index in [-0.39, 0.29) is 5.60 Å². The first kappa shape index (κ1) is 29.7. The lowest BCUT2D eigenvalue weighted by molar-refractivity contribution is 0.109. The molecule has 0 heterocycles. The van der Waals surface area contributed by atoms with Crippen LogP contribution in [-0.2, 0) is 4.43 Å². The second-order valence-corrected chi connectivity index (χ2v) is 28.1. The summed E-state index contributed by atoms with van der Waals surface area (Å²) in [6.45, 7) is 31.1. The molecule has 0 aliphatic rings. The van der Waals surface area contributed by atoms with E-state index in [1.165, 1.54) is 64.6 Å². The average Bonchev–Trinajstić information content (AvgIpc) is 2.52. The molecule has 0 fully saturated rings. The number of hydrogen-bond acceptors (Lipinski definition) is 3. The van der Waals surface area contributed by atoms with Crippen molar-refractivity contribution in [2.45, 2.75) is 123 Å². The van der Waals surface area contributed by atoms with Crippen LogP contribution in [-0.4, -0.2) is 69.2 Å². The molecular weight excluding hydrogens is 421 g/mol. The van der Waals surface area contributed by atoms with Crippen molar-refractivity contribution >= 4 is 35.2 Å². The minimum atomic E-state index is -1.22. The fourth-order valence-electron chi connectivity index (χ4n) is 4.34. The van der Waals surface area contributed by atoms with Gasteiger partial charge < -0.3 is 13.2 Å². The van der Waals surface area contributed by atoms with Crippen LogP contribution in [0.2, 0.25) is 58.9 Å². The molecule has 176 valence electrons. The van der Waals surface area contributed by atoms with Crippen molar-refractivity contribution in [1.29, 1.82) is 0 Å². The Labute approximate surface area is 191 Å². The van der Waals surface area contributed by atoms with Gasteiger partial charge in [0.25, 0.3) is 0 Å². The third kappa shape index (κ3) is 13.7. The molecule has 0 aromatic carbocycles. The molecule has 0 rings (SSSR count). The maximum Gasteiger partial charge on any atom is 0.146 e. The van der Waals surface area contributed by atoms with Crippen LogP contribution in [0, 0.1) is 0 Å². The van der Waals surface area contributed by atoms with Crippen LogP contribution in [0.3, 0.4) is 0 Å². The third-order valence-corrected chi connectivity index (χ3v) is 17.3. The standard InChI is InChI=1S/C22H56N2OSi4/c1-22(2,25-26)18-14-17-20-23(27(3,4)5)19-15-12-13-16-21-24(28(6,7)8)29(9,10)11/h12-21H2,1-11,26H3. The van der Waals surface area contributed by atoms with Crippen LogP contribution < -0.4 is 0 Å². The van der Waals surface area contributed by atoms with E-state index >= 15 is 0 Å². The molecule has 0 aliphatic heterocycles. The number of hydrogen-bond donors (Lipinski definition) is 0. The highest BCUT2D eigenvalue weighted by Gasteiger charge is 2.33. The normalized spacial score (nSPS) is 14.4. The molecule has 3 nitrogen and oxygen atoms in total. The quantitative estimate of drug-likeness (QED) is 0.204. The summed E-state index contributed by atoms with van der Waals surface area (Å²) in [7, 11) is -2.73. The van der Waals surface area contributed by atoms with Gasteiger partial charge in [0, 0.05) is 5.60 Å². The number of unbranched alkanes of at least 4 members (excludes halogenated alkanes) is 4. The maximum atomic E-state index is 5.71. The Kier molecular flexibility index (Phi) is 13.0. The molecular formula is C22H56N2OSi4. The molecule has 0 aromatic rings. The molecule has 29 heavy (non-hydrogen) atoms. The molecule has 0 N–H and O–H groups in total. The van der Waals surface area contributed by atoms with Gasteiger partial charge in [-0.2, -0.15) is 0 Å². The van der Waals surface area contributed by atoms with Gasteiger partial charge in [-0.1, -0.05) is 71.8 Å². The van der Waals surface area contributed by atoms with Gasteiger partial charge in [-0.05, 0) is 65.6 Å². The van der Waals surface area contributed by atoms with Gasteiger partial charge in [0.2, 0.25) is 0 Å². The lowest BCUT2D eigenvalue weighted by atomic mass is 10.0. The van der Waals surface area contributed by atoms with E-state index in [2.05, 4.69) is 81.6 Å². The van der Waals surface area contributed by atoms with E-state index in [4.69, 9.17) is 4.43 Å². The monoisotopic (exact) mass is 476 g/mol. The smallest absolute Gasteiger partial charge is 0.146 e. The van der Waals surface area contributed by atoms with Crippen LogP contribution in [0.4, 0.5) is 0 Å². The minimum absolute atomic E-state index is 0.0932. The molecule has 0 aliphatic carbocycles. The van der Waals surface area contributed by atoms with E-state index < -0.39 is 24.7 Å². The predicted molar refractivity (Wildman–Crippen MR) is 146 cm³/mol. The van der Waals surface area contributed by atoms with Gasteiger partial charge >= 0.3 is 0 Å². The summed E-state index contributed by atoms with van der Waals surface area (Å²) in [6, 6.07) is 0. The van der Waals surface area contributed by atoms with Gasteiger partial charge in [0.05, 0.1) is 0 Å². The molecule has 0 aromatic heterocycles. The van der Waals surface area contributed by atoms with Crippen molar-refractivity contribution in [3.63, 3.8) is 0 Å². The number of rotatable bonds is 16. The zero-order chi connectivity index (χ0) is 22.9. The largest absolute Gasteiger partial charge is 0.423 e. The first-order valence-corrected chi connectivity index (χ1v) is 23.2. The highest BCUT2D eigenvalue weighted by molar-refractivity contribution is 6.89. The summed E-state index contributed by atoms with van der Waals surface area (Å²) in [5, 5.41) is 0. The Hall–Kier alpha value is 0.748.